The van der Waals surface area contributed by atoms with Gasteiger partial charge >= 0.3 is 11.9 Å². The van der Waals surface area contributed by atoms with Crippen LogP contribution in [0.2, 0.25) is 0 Å². The predicted octanol–water partition coefficient (Wildman–Crippen LogP) is 3.30. The average Bonchev–Trinajstić information content (AvgIpc) is 2.52. The minimum absolute atomic E-state index is 0.00306. The molecule has 1 heterocycles. The van der Waals surface area contributed by atoms with Crippen LogP contribution in [0.5, 0.6) is 0 Å². The number of hydrogen-bond donors (Lipinski definition) is 1. The van der Waals surface area contributed by atoms with Gasteiger partial charge in [-0.1, -0.05) is 0 Å². The SMILES string of the molecule is COC(=O)c1ccc(N2CCC(O)(CC(=O)OC(C)(C)C)CC2)cc1Br. The second-order valence-corrected chi connectivity index (χ2v) is 8.48. The number of carbonyl (C=O) groups is 2. The van der Waals surface area contributed by atoms with Crippen molar-refractivity contribution in [3.05, 3.63) is 28.2 Å². The molecule has 1 aliphatic rings. The fourth-order valence-corrected chi connectivity index (χ4v) is 3.51. The molecule has 0 bridgehead atoms. The molecule has 1 aromatic rings. The number of methoxy groups -OCH3 is 1. The van der Waals surface area contributed by atoms with Crippen molar-refractivity contribution in [2.45, 2.75) is 51.2 Å². The molecule has 0 saturated carbocycles. The van der Waals surface area contributed by atoms with Crippen molar-refractivity contribution in [2.24, 2.45) is 0 Å². The molecule has 144 valence electrons. The molecule has 0 amide bonds. The van der Waals surface area contributed by atoms with E-state index in [2.05, 4.69) is 20.8 Å². The Kier molecular flexibility index (Phi) is 6.34. The zero-order valence-electron chi connectivity index (χ0n) is 15.7. The van der Waals surface area contributed by atoms with Crippen molar-refractivity contribution < 1.29 is 24.2 Å². The van der Waals surface area contributed by atoms with Crippen molar-refractivity contribution in [3.8, 4) is 0 Å². The third-order valence-corrected chi connectivity index (χ3v) is 4.97. The first-order valence-electron chi connectivity index (χ1n) is 8.60. The van der Waals surface area contributed by atoms with Crippen molar-refractivity contribution in [3.63, 3.8) is 0 Å². The van der Waals surface area contributed by atoms with E-state index in [9.17, 15) is 14.7 Å². The summed E-state index contributed by atoms with van der Waals surface area (Å²) in [7, 11) is 1.35. The standard InChI is InChI=1S/C19H26BrNO5/c1-18(2,3)26-16(22)12-19(24)7-9-21(10-8-19)13-5-6-14(15(20)11-13)17(23)25-4/h5-6,11,24H,7-10,12H2,1-4H3. The molecule has 7 heteroatoms. The number of esters is 2. The zero-order valence-corrected chi connectivity index (χ0v) is 17.3. The van der Waals surface area contributed by atoms with E-state index >= 15 is 0 Å². The normalized spacial score (nSPS) is 16.9. The molecule has 0 atom stereocenters. The summed E-state index contributed by atoms with van der Waals surface area (Å²) >= 11 is 3.40. The molecule has 0 unspecified atom stereocenters. The largest absolute Gasteiger partial charge is 0.465 e. The molecule has 1 fully saturated rings. The first-order chi connectivity index (χ1) is 12.0. The zero-order chi connectivity index (χ0) is 19.5. The van der Waals surface area contributed by atoms with E-state index in [1.54, 1.807) is 6.07 Å². The third-order valence-electron chi connectivity index (χ3n) is 4.31. The van der Waals surface area contributed by atoms with Crippen LogP contribution in [0, 0.1) is 0 Å². The van der Waals surface area contributed by atoms with Crippen LogP contribution < -0.4 is 4.90 Å². The number of carbonyl (C=O) groups excluding carboxylic acids is 2. The number of rotatable bonds is 4. The quantitative estimate of drug-likeness (QED) is 0.742. The molecule has 6 nitrogen and oxygen atoms in total. The highest BCUT2D eigenvalue weighted by Gasteiger charge is 2.36. The second kappa shape index (κ2) is 7.96. The van der Waals surface area contributed by atoms with Gasteiger partial charge in [-0.05, 0) is 67.7 Å². The van der Waals surface area contributed by atoms with Crippen LogP contribution >= 0.6 is 15.9 Å². The number of piperidine rings is 1. The summed E-state index contributed by atoms with van der Waals surface area (Å²) in [5, 5.41) is 10.7. The maximum absolute atomic E-state index is 12.0. The maximum atomic E-state index is 12.0. The van der Waals surface area contributed by atoms with Gasteiger partial charge in [-0.2, -0.15) is 0 Å². The Morgan fingerprint density at radius 3 is 2.38 bits per heavy atom. The summed E-state index contributed by atoms with van der Waals surface area (Å²) in [5.41, 5.74) is -0.178. The van der Waals surface area contributed by atoms with Gasteiger partial charge < -0.3 is 19.5 Å². The van der Waals surface area contributed by atoms with E-state index in [0.29, 0.717) is 36.0 Å². The molecule has 0 aromatic heterocycles. The van der Waals surface area contributed by atoms with Crippen LogP contribution in [0.4, 0.5) is 5.69 Å². The van der Waals surface area contributed by atoms with E-state index in [-0.39, 0.29) is 12.4 Å². The van der Waals surface area contributed by atoms with Crippen molar-refractivity contribution in [1.82, 2.24) is 0 Å². The van der Waals surface area contributed by atoms with E-state index in [0.717, 1.165) is 5.69 Å². The summed E-state index contributed by atoms with van der Waals surface area (Å²) in [4.78, 5) is 25.8. The Bertz CT molecular complexity index is 675. The summed E-state index contributed by atoms with van der Waals surface area (Å²) in [5.74, 6) is -0.771. The summed E-state index contributed by atoms with van der Waals surface area (Å²) in [6, 6.07) is 5.44. The molecular formula is C19H26BrNO5. The summed E-state index contributed by atoms with van der Waals surface area (Å²) in [6.45, 7) is 6.67. The van der Waals surface area contributed by atoms with E-state index < -0.39 is 17.2 Å². The smallest absolute Gasteiger partial charge is 0.339 e. The Morgan fingerprint density at radius 2 is 1.88 bits per heavy atom. The van der Waals surface area contributed by atoms with Gasteiger partial charge in [-0.3, -0.25) is 4.79 Å². The summed E-state index contributed by atoms with van der Waals surface area (Å²) in [6.07, 6.45) is 0.953. The van der Waals surface area contributed by atoms with Crippen LogP contribution in [-0.4, -0.2) is 48.4 Å². The minimum Gasteiger partial charge on any atom is -0.465 e. The molecule has 1 aliphatic heterocycles. The number of benzene rings is 1. The Balaban J connectivity index is 1.98. The molecular weight excluding hydrogens is 402 g/mol. The first-order valence-corrected chi connectivity index (χ1v) is 9.39. The molecule has 1 saturated heterocycles. The number of halogens is 1. The second-order valence-electron chi connectivity index (χ2n) is 7.63. The number of aliphatic hydroxyl groups is 1. The molecule has 1 N–H and O–H groups in total. The predicted molar refractivity (Wildman–Crippen MR) is 102 cm³/mol. The van der Waals surface area contributed by atoms with Gasteiger partial charge in [0, 0.05) is 23.2 Å². The summed E-state index contributed by atoms with van der Waals surface area (Å²) < 4.78 is 10.7. The Labute approximate surface area is 162 Å². The van der Waals surface area contributed by atoms with Gasteiger partial charge in [0.2, 0.25) is 0 Å². The fourth-order valence-electron chi connectivity index (χ4n) is 2.98. The van der Waals surface area contributed by atoms with Gasteiger partial charge in [0.1, 0.15) is 5.60 Å². The van der Waals surface area contributed by atoms with E-state index in [4.69, 9.17) is 9.47 Å². The van der Waals surface area contributed by atoms with Crippen molar-refractivity contribution in [1.29, 1.82) is 0 Å². The van der Waals surface area contributed by atoms with Crippen molar-refractivity contribution >= 4 is 33.6 Å². The minimum atomic E-state index is -1.04. The molecule has 26 heavy (non-hydrogen) atoms. The highest BCUT2D eigenvalue weighted by atomic mass is 79.9. The topological polar surface area (TPSA) is 76.1 Å². The molecule has 0 aliphatic carbocycles. The van der Waals surface area contributed by atoms with E-state index in [1.165, 1.54) is 7.11 Å². The average molecular weight is 428 g/mol. The lowest BCUT2D eigenvalue weighted by molar-refractivity contribution is -0.161. The number of hydrogen-bond acceptors (Lipinski definition) is 6. The van der Waals surface area contributed by atoms with Crippen LogP contribution in [0.15, 0.2) is 22.7 Å². The van der Waals surface area contributed by atoms with Gasteiger partial charge in [-0.25, -0.2) is 4.79 Å². The third kappa shape index (κ3) is 5.45. The molecule has 0 spiro atoms. The lowest BCUT2D eigenvalue weighted by Crippen LogP contribution is -2.46. The van der Waals surface area contributed by atoms with Crippen molar-refractivity contribution in [2.75, 3.05) is 25.1 Å². The van der Waals surface area contributed by atoms with Crippen LogP contribution in [0.1, 0.15) is 50.4 Å². The maximum Gasteiger partial charge on any atom is 0.339 e. The monoisotopic (exact) mass is 427 g/mol. The fraction of sp³-hybridized carbons (Fsp3) is 0.579. The Morgan fingerprint density at radius 1 is 1.27 bits per heavy atom. The first kappa shape index (κ1) is 20.7. The number of anilines is 1. The Hall–Kier alpha value is -1.60. The number of ether oxygens (including phenoxy) is 2. The van der Waals surface area contributed by atoms with Gasteiger partial charge in [0.05, 0.1) is 24.7 Å². The van der Waals surface area contributed by atoms with Gasteiger partial charge in [0.25, 0.3) is 0 Å². The number of nitrogens with zero attached hydrogens (tertiary/aromatic N) is 1. The van der Waals surface area contributed by atoms with E-state index in [1.807, 2.05) is 32.9 Å². The highest BCUT2D eigenvalue weighted by Crippen LogP contribution is 2.32. The van der Waals surface area contributed by atoms with Gasteiger partial charge in [-0.15, -0.1) is 0 Å². The van der Waals surface area contributed by atoms with Crippen LogP contribution in [0.3, 0.4) is 0 Å². The lowest BCUT2D eigenvalue weighted by Gasteiger charge is -2.39. The van der Waals surface area contributed by atoms with Crippen LogP contribution in [0.25, 0.3) is 0 Å². The molecule has 0 radical (unpaired) electrons. The van der Waals surface area contributed by atoms with Crippen LogP contribution in [-0.2, 0) is 14.3 Å². The molecule has 2 rings (SSSR count). The molecule has 1 aromatic carbocycles. The highest BCUT2D eigenvalue weighted by molar-refractivity contribution is 9.10. The van der Waals surface area contributed by atoms with Gasteiger partial charge in [0.15, 0.2) is 0 Å². The lowest BCUT2D eigenvalue weighted by atomic mass is 9.88.